The van der Waals surface area contributed by atoms with Crippen LogP contribution in [0.2, 0.25) is 0 Å². The molecule has 0 aromatic heterocycles. The zero-order valence-electron chi connectivity index (χ0n) is 15.7. The number of nitrogens with zero attached hydrogens (tertiary/aromatic N) is 2. The highest BCUT2D eigenvalue weighted by molar-refractivity contribution is 7.89. The van der Waals surface area contributed by atoms with Gasteiger partial charge in [0.05, 0.1) is 11.4 Å². The SMILES string of the molecule is CC(C)CNC(=O)CN1CCN(S(=O)(=O)c2ccc(OC(F)(F)F)cc2)CC1. The van der Waals surface area contributed by atoms with Gasteiger partial charge in [-0.3, -0.25) is 9.69 Å². The van der Waals surface area contributed by atoms with Crippen molar-refractivity contribution in [3.63, 3.8) is 0 Å². The summed E-state index contributed by atoms with van der Waals surface area (Å²) in [7, 11) is -3.83. The van der Waals surface area contributed by atoms with Crippen molar-refractivity contribution >= 4 is 15.9 Å². The highest BCUT2D eigenvalue weighted by Gasteiger charge is 2.32. The van der Waals surface area contributed by atoms with Crippen LogP contribution in [0, 0.1) is 5.92 Å². The van der Waals surface area contributed by atoms with E-state index in [1.165, 1.54) is 4.31 Å². The molecule has 1 N–H and O–H groups in total. The Hall–Kier alpha value is -1.85. The smallest absolute Gasteiger partial charge is 0.406 e. The number of amides is 1. The van der Waals surface area contributed by atoms with E-state index in [2.05, 4.69) is 10.1 Å². The van der Waals surface area contributed by atoms with E-state index < -0.39 is 22.1 Å². The Labute approximate surface area is 162 Å². The van der Waals surface area contributed by atoms with Crippen LogP contribution in [0.25, 0.3) is 0 Å². The van der Waals surface area contributed by atoms with Gasteiger partial charge in [0.25, 0.3) is 0 Å². The minimum absolute atomic E-state index is 0.106. The summed E-state index contributed by atoms with van der Waals surface area (Å²) >= 11 is 0. The van der Waals surface area contributed by atoms with Gasteiger partial charge in [0.1, 0.15) is 5.75 Å². The molecule has 1 saturated heterocycles. The number of piperazine rings is 1. The lowest BCUT2D eigenvalue weighted by atomic mass is 10.2. The van der Waals surface area contributed by atoms with E-state index >= 15 is 0 Å². The van der Waals surface area contributed by atoms with Crippen LogP contribution < -0.4 is 10.1 Å². The molecule has 1 aliphatic rings. The lowest BCUT2D eigenvalue weighted by Gasteiger charge is -2.33. The first-order valence-corrected chi connectivity index (χ1v) is 10.3. The zero-order valence-corrected chi connectivity index (χ0v) is 16.5. The van der Waals surface area contributed by atoms with Gasteiger partial charge in [0.15, 0.2) is 0 Å². The molecule has 1 amide bonds. The predicted octanol–water partition coefficient (Wildman–Crippen LogP) is 1.66. The van der Waals surface area contributed by atoms with Gasteiger partial charge in [-0.25, -0.2) is 8.42 Å². The number of carbonyl (C=O) groups excluding carboxylic acids is 1. The lowest BCUT2D eigenvalue weighted by molar-refractivity contribution is -0.274. The molecule has 0 unspecified atom stereocenters. The molecule has 2 rings (SSSR count). The summed E-state index contributed by atoms with van der Waals surface area (Å²) < 4.78 is 66.9. The number of ether oxygens (including phenoxy) is 1. The summed E-state index contributed by atoms with van der Waals surface area (Å²) in [4.78, 5) is 13.6. The Bertz CT molecular complexity index is 759. The molecule has 1 fully saturated rings. The highest BCUT2D eigenvalue weighted by atomic mass is 32.2. The van der Waals surface area contributed by atoms with Gasteiger partial charge in [-0.15, -0.1) is 13.2 Å². The number of hydrogen-bond donors (Lipinski definition) is 1. The molecule has 158 valence electrons. The minimum Gasteiger partial charge on any atom is -0.406 e. The summed E-state index contributed by atoms with van der Waals surface area (Å²) in [5, 5.41) is 2.81. The van der Waals surface area contributed by atoms with Crippen molar-refractivity contribution in [3.05, 3.63) is 24.3 Å². The van der Waals surface area contributed by atoms with E-state index in [1.807, 2.05) is 18.7 Å². The zero-order chi connectivity index (χ0) is 20.9. The van der Waals surface area contributed by atoms with Crippen LogP contribution in [0.15, 0.2) is 29.2 Å². The number of rotatable bonds is 7. The molecule has 28 heavy (non-hydrogen) atoms. The van der Waals surface area contributed by atoms with Crippen molar-refractivity contribution in [1.29, 1.82) is 0 Å². The fourth-order valence-electron chi connectivity index (χ4n) is 2.67. The van der Waals surface area contributed by atoms with Gasteiger partial charge in [-0.2, -0.15) is 4.31 Å². The van der Waals surface area contributed by atoms with Crippen LogP contribution in [-0.4, -0.2) is 69.2 Å². The molecule has 1 aromatic carbocycles. The van der Waals surface area contributed by atoms with Crippen molar-refractivity contribution in [2.24, 2.45) is 5.92 Å². The van der Waals surface area contributed by atoms with Gasteiger partial charge in [0, 0.05) is 32.7 Å². The molecule has 0 atom stereocenters. The number of benzene rings is 1. The van der Waals surface area contributed by atoms with E-state index in [-0.39, 0.29) is 30.4 Å². The molecular formula is C17H24F3N3O4S. The van der Waals surface area contributed by atoms with Crippen molar-refractivity contribution in [2.75, 3.05) is 39.3 Å². The number of sulfonamides is 1. The van der Waals surface area contributed by atoms with Gasteiger partial charge < -0.3 is 10.1 Å². The summed E-state index contributed by atoms with van der Waals surface area (Å²) in [6.45, 7) is 5.94. The molecule has 0 spiro atoms. The molecule has 1 aliphatic heterocycles. The van der Waals surface area contributed by atoms with Crippen molar-refractivity contribution in [3.8, 4) is 5.75 Å². The first-order chi connectivity index (χ1) is 13.0. The highest BCUT2D eigenvalue weighted by Crippen LogP contribution is 2.25. The number of nitrogens with one attached hydrogen (secondary N) is 1. The minimum atomic E-state index is -4.84. The Morgan fingerprint density at radius 2 is 1.71 bits per heavy atom. The third-order valence-electron chi connectivity index (χ3n) is 4.10. The summed E-state index contributed by atoms with van der Waals surface area (Å²) in [5.41, 5.74) is 0. The third kappa shape index (κ3) is 6.64. The fraction of sp³-hybridized carbons (Fsp3) is 0.588. The van der Waals surface area contributed by atoms with Gasteiger partial charge >= 0.3 is 6.36 Å². The maximum absolute atomic E-state index is 12.7. The average molecular weight is 423 g/mol. The van der Waals surface area contributed by atoms with Crippen LogP contribution in [0.4, 0.5) is 13.2 Å². The number of alkyl halides is 3. The summed E-state index contributed by atoms with van der Waals surface area (Å²) in [6.07, 6.45) is -4.84. The Kier molecular flexibility index (Phi) is 7.29. The second-order valence-corrected chi connectivity index (χ2v) is 8.84. The van der Waals surface area contributed by atoms with Crippen LogP contribution in [0.3, 0.4) is 0 Å². The number of halogens is 3. The van der Waals surface area contributed by atoms with Crippen LogP contribution in [-0.2, 0) is 14.8 Å². The van der Waals surface area contributed by atoms with Gasteiger partial charge in [0.2, 0.25) is 15.9 Å². The van der Waals surface area contributed by atoms with Crippen LogP contribution in [0.5, 0.6) is 5.75 Å². The molecular weight excluding hydrogens is 399 g/mol. The molecule has 0 aliphatic carbocycles. The average Bonchev–Trinajstić information content (AvgIpc) is 2.59. The number of carbonyl (C=O) groups is 1. The molecule has 0 radical (unpaired) electrons. The van der Waals surface area contributed by atoms with Crippen molar-refractivity contribution in [2.45, 2.75) is 25.1 Å². The van der Waals surface area contributed by atoms with Crippen molar-refractivity contribution < 1.29 is 31.1 Å². The molecule has 7 nitrogen and oxygen atoms in total. The standard InChI is InChI=1S/C17H24F3N3O4S/c1-13(2)11-21-16(24)12-22-7-9-23(10-8-22)28(25,26)15-5-3-14(4-6-15)27-17(18,19)20/h3-6,13H,7-12H2,1-2H3,(H,21,24). The Morgan fingerprint density at radius 1 is 1.14 bits per heavy atom. The Balaban J connectivity index is 1.91. The number of hydrogen-bond acceptors (Lipinski definition) is 5. The van der Waals surface area contributed by atoms with E-state index in [9.17, 15) is 26.4 Å². The summed E-state index contributed by atoms with van der Waals surface area (Å²) in [5.74, 6) is -0.243. The van der Waals surface area contributed by atoms with Crippen LogP contribution >= 0.6 is 0 Å². The molecule has 0 saturated carbocycles. The maximum atomic E-state index is 12.7. The second-order valence-electron chi connectivity index (χ2n) is 6.90. The quantitative estimate of drug-likeness (QED) is 0.722. The predicted molar refractivity (Wildman–Crippen MR) is 96.2 cm³/mol. The van der Waals surface area contributed by atoms with Crippen LogP contribution in [0.1, 0.15) is 13.8 Å². The van der Waals surface area contributed by atoms with E-state index in [4.69, 9.17) is 0 Å². The molecule has 1 heterocycles. The molecule has 0 bridgehead atoms. The van der Waals surface area contributed by atoms with E-state index in [0.29, 0.717) is 25.6 Å². The van der Waals surface area contributed by atoms with Crippen molar-refractivity contribution in [1.82, 2.24) is 14.5 Å². The normalized spacial score (nSPS) is 16.9. The second kappa shape index (κ2) is 9.10. The molecule has 1 aromatic rings. The third-order valence-corrected chi connectivity index (χ3v) is 6.01. The van der Waals surface area contributed by atoms with Gasteiger partial charge in [-0.05, 0) is 30.2 Å². The Morgan fingerprint density at radius 3 is 2.21 bits per heavy atom. The first-order valence-electron chi connectivity index (χ1n) is 8.82. The topological polar surface area (TPSA) is 79.0 Å². The maximum Gasteiger partial charge on any atom is 0.573 e. The monoisotopic (exact) mass is 423 g/mol. The largest absolute Gasteiger partial charge is 0.573 e. The van der Waals surface area contributed by atoms with Gasteiger partial charge in [-0.1, -0.05) is 13.8 Å². The molecule has 11 heteroatoms. The summed E-state index contributed by atoms with van der Waals surface area (Å²) in [6, 6.07) is 4.11. The first kappa shape index (κ1) is 22.4. The lowest BCUT2D eigenvalue weighted by Crippen LogP contribution is -2.51. The van der Waals surface area contributed by atoms with E-state index in [1.54, 1.807) is 0 Å². The van der Waals surface area contributed by atoms with E-state index in [0.717, 1.165) is 24.3 Å². The fourth-order valence-corrected chi connectivity index (χ4v) is 4.09.